The van der Waals surface area contributed by atoms with E-state index in [0.717, 1.165) is 11.1 Å². The molecule has 0 fully saturated rings. The third-order valence-corrected chi connectivity index (χ3v) is 5.90. The van der Waals surface area contributed by atoms with Crippen LogP contribution in [0.25, 0.3) is 0 Å². The summed E-state index contributed by atoms with van der Waals surface area (Å²) in [6, 6.07) is 22.5. The van der Waals surface area contributed by atoms with E-state index in [1.54, 1.807) is 18.2 Å². The zero-order valence-corrected chi connectivity index (χ0v) is 20.8. The molecule has 3 aromatic carbocycles. The van der Waals surface area contributed by atoms with Gasteiger partial charge in [-0.2, -0.15) is 0 Å². The summed E-state index contributed by atoms with van der Waals surface area (Å²) < 4.78 is 20.3. The Hall–Kier alpha value is -3.67. The molecule has 0 aliphatic rings. The van der Waals surface area contributed by atoms with Crippen molar-refractivity contribution in [1.29, 1.82) is 0 Å². The van der Waals surface area contributed by atoms with Crippen LogP contribution in [0, 0.1) is 5.82 Å². The van der Waals surface area contributed by atoms with Crippen LogP contribution in [-0.2, 0) is 28.0 Å². The van der Waals surface area contributed by atoms with E-state index >= 15 is 0 Å². The quantitative estimate of drug-likeness (QED) is 0.479. The second-order valence-electron chi connectivity index (χ2n) is 9.50. The van der Waals surface area contributed by atoms with E-state index in [4.69, 9.17) is 4.74 Å². The first-order valence-electron chi connectivity index (χ1n) is 11.7. The smallest absolute Gasteiger partial charge is 0.261 e. The lowest BCUT2D eigenvalue weighted by molar-refractivity contribution is -0.142. The molecule has 5 nitrogen and oxygen atoms in total. The number of rotatable bonds is 9. The van der Waals surface area contributed by atoms with Crippen molar-refractivity contribution >= 4 is 11.8 Å². The lowest BCUT2D eigenvalue weighted by Crippen LogP contribution is -2.51. The third kappa shape index (κ3) is 7.15. The Balaban J connectivity index is 1.85. The number of nitrogens with one attached hydrogen (secondary N) is 1. The minimum absolute atomic E-state index is 0.00305. The minimum Gasteiger partial charge on any atom is -0.484 e. The Morgan fingerprint density at radius 2 is 1.57 bits per heavy atom. The molecule has 0 saturated heterocycles. The van der Waals surface area contributed by atoms with Crippen molar-refractivity contribution in [2.45, 2.75) is 45.2 Å². The average molecular weight is 477 g/mol. The molecule has 6 heteroatoms. The number of carbonyl (C=O) groups excluding carboxylic acids is 2. The topological polar surface area (TPSA) is 58.6 Å². The van der Waals surface area contributed by atoms with Gasteiger partial charge >= 0.3 is 0 Å². The molecule has 3 rings (SSSR count). The summed E-state index contributed by atoms with van der Waals surface area (Å²) in [7, 11) is 1.53. The second kappa shape index (κ2) is 11.6. The molecule has 1 atom stereocenters. The van der Waals surface area contributed by atoms with Crippen LogP contribution in [0.5, 0.6) is 5.75 Å². The Morgan fingerprint density at radius 3 is 2.17 bits per heavy atom. The Kier molecular flexibility index (Phi) is 8.63. The van der Waals surface area contributed by atoms with Crippen molar-refractivity contribution in [3.05, 3.63) is 101 Å². The maximum atomic E-state index is 14.5. The lowest BCUT2D eigenvalue weighted by atomic mass is 9.87. The summed E-state index contributed by atoms with van der Waals surface area (Å²) in [6.45, 7) is 6.05. The van der Waals surface area contributed by atoms with Gasteiger partial charge in [-0.15, -0.1) is 0 Å². The summed E-state index contributed by atoms with van der Waals surface area (Å²) in [5.74, 6) is -0.609. The number of nitrogens with zero attached hydrogens (tertiary/aromatic N) is 1. The molecular formula is C29H33FN2O3. The molecule has 1 N–H and O–H groups in total. The van der Waals surface area contributed by atoms with Crippen molar-refractivity contribution < 1.29 is 18.7 Å². The van der Waals surface area contributed by atoms with Crippen molar-refractivity contribution in [2.24, 2.45) is 0 Å². The fourth-order valence-corrected chi connectivity index (χ4v) is 3.81. The van der Waals surface area contributed by atoms with Crippen LogP contribution in [-0.4, -0.2) is 36.4 Å². The standard InChI is InChI=1S/C29H33FN2O3/c1-29(2,3)23-14-16-24(17-15-23)35-20-27(33)32(19-22-12-8-9-13-25(22)30)26(28(34)31-4)18-21-10-6-5-7-11-21/h5-17,26H,18-20H2,1-4H3,(H,31,34)/t26-/m1/s1. The Labute approximate surface area is 206 Å². The zero-order chi connectivity index (χ0) is 25.4. The van der Waals surface area contributed by atoms with Gasteiger partial charge in [0.05, 0.1) is 0 Å². The molecule has 0 heterocycles. The minimum atomic E-state index is -0.832. The highest BCUT2D eigenvalue weighted by Crippen LogP contribution is 2.24. The van der Waals surface area contributed by atoms with E-state index in [2.05, 4.69) is 26.1 Å². The maximum Gasteiger partial charge on any atom is 0.261 e. The number of halogens is 1. The van der Waals surface area contributed by atoms with E-state index in [-0.39, 0.29) is 24.5 Å². The summed E-state index contributed by atoms with van der Waals surface area (Å²) in [5, 5.41) is 2.65. The van der Waals surface area contributed by atoms with Crippen molar-refractivity contribution in [3.8, 4) is 5.75 Å². The van der Waals surface area contributed by atoms with Gasteiger partial charge in [-0.3, -0.25) is 9.59 Å². The number of likely N-dealkylation sites (N-methyl/N-ethyl adjacent to an activating group) is 1. The SMILES string of the molecule is CNC(=O)[C@@H](Cc1ccccc1)N(Cc1ccccc1F)C(=O)COc1ccc(C(C)(C)C)cc1. The number of hydrogen-bond acceptors (Lipinski definition) is 3. The van der Waals surface area contributed by atoms with E-state index in [9.17, 15) is 14.0 Å². The normalized spacial score (nSPS) is 12.0. The Bertz CT molecular complexity index is 1120. The molecule has 0 bridgehead atoms. The number of benzene rings is 3. The molecule has 0 aliphatic carbocycles. The van der Waals surface area contributed by atoms with Crippen LogP contribution in [0.15, 0.2) is 78.9 Å². The highest BCUT2D eigenvalue weighted by atomic mass is 19.1. The Morgan fingerprint density at radius 1 is 0.943 bits per heavy atom. The van der Waals surface area contributed by atoms with Gasteiger partial charge in [0, 0.05) is 25.6 Å². The van der Waals surface area contributed by atoms with Crippen LogP contribution in [0.2, 0.25) is 0 Å². The van der Waals surface area contributed by atoms with Gasteiger partial charge < -0.3 is 15.0 Å². The van der Waals surface area contributed by atoms with Gasteiger partial charge in [0.2, 0.25) is 5.91 Å². The maximum absolute atomic E-state index is 14.5. The van der Waals surface area contributed by atoms with Crippen LogP contribution in [0.1, 0.15) is 37.5 Å². The highest BCUT2D eigenvalue weighted by molar-refractivity contribution is 5.88. The van der Waals surface area contributed by atoms with Gasteiger partial charge in [-0.05, 0) is 34.7 Å². The van der Waals surface area contributed by atoms with Crippen molar-refractivity contribution in [1.82, 2.24) is 10.2 Å². The summed E-state index contributed by atoms with van der Waals surface area (Å²) in [5.41, 5.74) is 2.38. The molecule has 35 heavy (non-hydrogen) atoms. The molecule has 2 amide bonds. The number of amides is 2. The predicted octanol–water partition coefficient (Wildman–Crippen LogP) is 4.89. The van der Waals surface area contributed by atoms with E-state index in [1.807, 2.05) is 54.6 Å². The third-order valence-electron chi connectivity index (χ3n) is 5.90. The van der Waals surface area contributed by atoms with Crippen molar-refractivity contribution in [3.63, 3.8) is 0 Å². The molecular weight excluding hydrogens is 443 g/mol. The molecule has 0 aliphatic heterocycles. The zero-order valence-electron chi connectivity index (χ0n) is 20.8. The molecule has 0 unspecified atom stereocenters. The van der Waals surface area contributed by atoms with Crippen molar-refractivity contribution in [2.75, 3.05) is 13.7 Å². The fourth-order valence-electron chi connectivity index (χ4n) is 3.81. The van der Waals surface area contributed by atoms with Gasteiger partial charge in [-0.25, -0.2) is 4.39 Å². The molecule has 3 aromatic rings. The van der Waals surface area contributed by atoms with Gasteiger partial charge in [0.15, 0.2) is 6.61 Å². The summed E-state index contributed by atoms with van der Waals surface area (Å²) in [4.78, 5) is 27.7. The first-order chi connectivity index (χ1) is 16.7. The first-order valence-corrected chi connectivity index (χ1v) is 11.7. The van der Waals surface area contributed by atoms with E-state index < -0.39 is 17.8 Å². The number of carbonyl (C=O) groups is 2. The van der Waals surface area contributed by atoms with Gasteiger partial charge in [0.25, 0.3) is 5.91 Å². The highest BCUT2D eigenvalue weighted by Gasteiger charge is 2.30. The molecule has 0 saturated carbocycles. The lowest BCUT2D eigenvalue weighted by Gasteiger charge is -2.31. The molecule has 184 valence electrons. The largest absolute Gasteiger partial charge is 0.484 e. The predicted molar refractivity (Wildman–Crippen MR) is 136 cm³/mol. The number of hydrogen-bond donors (Lipinski definition) is 1. The van der Waals surface area contributed by atoms with Gasteiger partial charge in [0.1, 0.15) is 17.6 Å². The van der Waals surface area contributed by atoms with Gasteiger partial charge in [-0.1, -0.05) is 81.4 Å². The molecule has 0 spiro atoms. The first kappa shape index (κ1) is 25.9. The summed E-state index contributed by atoms with van der Waals surface area (Å²) >= 11 is 0. The van der Waals surface area contributed by atoms with Crippen LogP contribution in [0.4, 0.5) is 4.39 Å². The second-order valence-corrected chi connectivity index (χ2v) is 9.50. The monoisotopic (exact) mass is 476 g/mol. The fraction of sp³-hybridized carbons (Fsp3) is 0.310. The summed E-state index contributed by atoms with van der Waals surface area (Å²) in [6.07, 6.45) is 0.293. The van der Waals surface area contributed by atoms with Crippen LogP contribution >= 0.6 is 0 Å². The average Bonchev–Trinajstić information content (AvgIpc) is 2.85. The molecule has 0 aromatic heterocycles. The molecule has 0 radical (unpaired) electrons. The number of ether oxygens (including phenoxy) is 1. The van der Waals surface area contributed by atoms with Crippen LogP contribution < -0.4 is 10.1 Å². The van der Waals surface area contributed by atoms with Crippen LogP contribution in [0.3, 0.4) is 0 Å². The van der Waals surface area contributed by atoms with E-state index in [1.165, 1.54) is 18.0 Å². The van der Waals surface area contributed by atoms with E-state index in [0.29, 0.717) is 17.7 Å².